The second-order valence-electron chi connectivity index (χ2n) is 4.37. The molecule has 0 aliphatic heterocycles. The maximum Gasteiger partial charge on any atom is 0.304 e. The molecule has 0 unspecified atom stereocenters. The third-order valence-electron chi connectivity index (χ3n) is 2.59. The van der Waals surface area contributed by atoms with Crippen LogP contribution in [0.25, 0.3) is 0 Å². The van der Waals surface area contributed by atoms with E-state index in [1.807, 2.05) is 39.0 Å². The molecule has 0 spiro atoms. The second kappa shape index (κ2) is 4.35. The minimum absolute atomic E-state index is 0.143. The molecule has 2 nitrogen and oxygen atoms in total. The summed E-state index contributed by atoms with van der Waals surface area (Å²) in [5.74, 6) is -0.764. The van der Waals surface area contributed by atoms with E-state index in [-0.39, 0.29) is 11.8 Å². The average molecular weight is 271 g/mol. The molecular formula is C12H15BrO2. The van der Waals surface area contributed by atoms with Gasteiger partial charge in [-0.25, -0.2) is 0 Å². The van der Waals surface area contributed by atoms with Crippen molar-refractivity contribution in [3.05, 3.63) is 33.8 Å². The lowest BCUT2D eigenvalue weighted by Crippen LogP contribution is -2.22. The van der Waals surface area contributed by atoms with Crippen LogP contribution in [0, 0.1) is 6.92 Å². The maximum absolute atomic E-state index is 10.8. The standard InChI is InChI=1S/C12H15BrO2/c1-8-9(5-4-6-10(8)13)12(2,3)7-11(14)15/h4-6H,7H2,1-3H3,(H,14,15). The van der Waals surface area contributed by atoms with Crippen LogP contribution in [0.1, 0.15) is 31.4 Å². The van der Waals surface area contributed by atoms with Crippen LogP contribution in [0.4, 0.5) is 0 Å². The molecule has 0 amide bonds. The molecule has 1 rings (SSSR count). The van der Waals surface area contributed by atoms with Crippen LogP contribution in [0.5, 0.6) is 0 Å². The lowest BCUT2D eigenvalue weighted by Gasteiger charge is -2.25. The first kappa shape index (κ1) is 12.2. The van der Waals surface area contributed by atoms with E-state index in [9.17, 15) is 4.79 Å². The van der Waals surface area contributed by atoms with Crippen LogP contribution < -0.4 is 0 Å². The van der Waals surface area contributed by atoms with Gasteiger partial charge in [0.05, 0.1) is 6.42 Å². The van der Waals surface area contributed by atoms with Crippen molar-refractivity contribution in [2.75, 3.05) is 0 Å². The summed E-state index contributed by atoms with van der Waals surface area (Å²) in [6.45, 7) is 5.91. The third-order valence-corrected chi connectivity index (χ3v) is 3.45. The summed E-state index contributed by atoms with van der Waals surface area (Å²) in [7, 11) is 0. The number of hydrogen-bond donors (Lipinski definition) is 1. The maximum atomic E-state index is 10.8. The predicted octanol–water partition coefficient (Wildman–Crippen LogP) is 3.51. The van der Waals surface area contributed by atoms with Crippen LogP contribution >= 0.6 is 15.9 Å². The molecule has 15 heavy (non-hydrogen) atoms. The van der Waals surface area contributed by atoms with E-state index in [1.165, 1.54) is 0 Å². The second-order valence-corrected chi connectivity index (χ2v) is 5.22. The zero-order valence-electron chi connectivity index (χ0n) is 9.17. The minimum Gasteiger partial charge on any atom is -0.481 e. The first-order chi connectivity index (χ1) is 6.84. The number of aliphatic carboxylic acids is 1. The molecule has 0 aliphatic carbocycles. The molecular weight excluding hydrogens is 256 g/mol. The molecule has 0 saturated carbocycles. The Hall–Kier alpha value is -0.830. The summed E-state index contributed by atoms with van der Waals surface area (Å²) < 4.78 is 1.03. The Balaban J connectivity index is 3.14. The molecule has 0 aliphatic rings. The van der Waals surface area contributed by atoms with Gasteiger partial charge in [0.1, 0.15) is 0 Å². The highest BCUT2D eigenvalue weighted by Crippen LogP contribution is 2.32. The predicted molar refractivity (Wildman–Crippen MR) is 64.2 cm³/mol. The van der Waals surface area contributed by atoms with E-state index < -0.39 is 5.97 Å². The molecule has 0 heterocycles. The van der Waals surface area contributed by atoms with Gasteiger partial charge in [-0.05, 0) is 24.1 Å². The van der Waals surface area contributed by atoms with E-state index in [0.717, 1.165) is 15.6 Å². The van der Waals surface area contributed by atoms with Crippen molar-refractivity contribution in [1.82, 2.24) is 0 Å². The Morgan fingerprint density at radius 2 is 2.07 bits per heavy atom. The van der Waals surface area contributed by atoms with Gasteiger partial charge in [-0.3, -0.25) is 4.79 Å². The Morgan fingerprint density at radius 3 is 2.60 bits per heavy atom. The number of carboxylic acid groups (broad SMARTS) is 1. The highest BCUT2D eigenvalue weighted by Gasteiger charge is 2.26. The summed E-state index contributed by atoms with van der Waals surface area (Å²) in [6, 6.07) is 5.90. The van der Waals surface area contributed by atoms with Crippen LogP contribution in [0.2, 0.25) is 0 Å². The van der Waals surface area contributed by atoms with Gasteiger partial charge in [0.15, 0.2) is 0 Å². The van der Waals surface area contributed by atoms with Gasteiger partial charge in [0.2, 0.25) is 0 Å². The number of benzene rings is 1. The summed E-state index contributed by atoms with van der Waals surface area (Å²) in [4.78, 5) is 10.8. The summed E-state index contributed by atoms with van der Waals surface area (Å²) >= 11 is 3.46. The minimum atomic E-state index is -0.764. The molecule has 1 N–H and O–H groups in total. The fourth-order valence-corrected chi connectivity index (χ4v) is 2.18. The molecule has 3 heteroatoms. The van der Waals surface area contributed by atoms with E-state index in [1.54, 1.807) is 0 Å². The van der Waals surface area contributed by atoms with E-state index >= 15 is 0 Å². The molecule has 0 atom stereocenters. The first-order valence-corrected chi connectivity index (χ1v) is 5.61. The Bertz CT molecular complexity index is 383. The van der Waals surface area contributed by atoms with Crippen LogP contribution in [0.3, 0.4) is 0 Å². The van der Waals surface area contributed by atoms with Gasteiger partial charge in [0, 0.05) is 9.89 Å². The lowest BCUT2D eigenvalue weighted by atomic mass is 9.79. The van der Waals surface area contributed by atoms with Crippen molar-refractivity contribution in [3.63, 3.8) is 0 Å². The van der Waals surface area contributed by atoms with Crippen LogP contribution in [-0.2, 0) is 10.2 Å². The Labute approximate surface area is 98.4 Å². The van der Waals surface area contributed by atoms with Gasteiger partial charge in [-0.2, -0.15) is 0 Å². The molecule has 0 aromatic heterocycles. The molecule has 1 aromatic rings. The zero-order valence-corrected chi connectivity index (χ0v) is 10.8. The Kier molecular flexibility index (Phi) is 3.55. The summed E-state index contributed by atoms with van der Waals surface area (Å²) in [5, 5.41) is 8.86. The van der Waals surface area contributed by atoms with Crippen LogP contribution in [-0.4, -0.2) is 11.1 Å². The molecule has 0 bridgehead atoms. The van der Waals surface area contributed by atoms with Gasteiger partial charge < -0.3 is 5.11 Å². The van der Waals surface area contributed by atoms with Gasteiger partial charge in [-0.15, -0.1) is 0 Å². The molecule has 0 radical (unpaired) electrons. The van der Waals surface area contributed by atoms with E-state index in [0.29, 0.717) is 0 Å². The fourth-order valence-electron chi connectivity index (χ4n) is 1.81. The van der Waals surface area contributed by atoms with Crippen LogP contribution in [0.15, 0.2) is 22.7 Å². The van der Waals surface area contributed by atoms with Crippen molar-refractivity contribution >= 4 is 21.9 Å². The van der Waals surface area contributed by atoms with Gasteiger partial charge in [0.25, 0.3) is 0 Å². The molecule has 0 saturated heterocycles. The fraction of sp³-hybridized carbons (Fsp3) is 0.417. The lowest BCUT2D eigenvalue weighted by molar-refractivity contribution is -0.138. The third kappa shape index (κ3) is 2.81. The van der Waals surface area contributed by atoms with Crippen molar-refractivity contribution in [3.8, 4) is 0 Å². The monoisotopic (exact) mass is 270 g/mol. The van der Waals surface area contributed by atoms with Crippen molar-refractivity contribution in [2.24, 2.45) is 0 Å². The highest BCUT2D eigenvalue weighted by atomic mass is 79.9. The van der Waals surface area contributed by atoms with Crippen molar-refractivity contribution in [2.45, 2.75) is 32.6 Å². The first-order valence-electron chi connectivity index (χ1n) is 4.82. The largest absolute Gasteiger partial charge is 0.481 e. The van der Waals surface area contributed by atoms with Crippen molar-refractivity contribution in [1.29, 1.82) is 0 Å². The van der Waals surface area contributed by atoms with E-state index in [2.05, 4.69) is 15.9 Å². The number of carboxylic acids is 1. The summed E-state index contributed by atoms with van der Waals surface area (Å²) in [6.07, 6.45) is 0.143. The normalized spacial score (nSPS) is 11.5. The topological polar surface area (TPSA) is 37.3 Å². The summed E-state index contributed by atoms with van der Waals surface area (Å²) in [5.41, 5.74) is 1.86. The smallest absolute Gasteiger partial charge is 0.304 e. The number of rotatable bonds is 3. The number of halogens is 1. The molecule has 1 aromatic carbocycles. The van der Waals surface area contributed by atoms with Gasteiger partial charge in [-0.1, -0.05) is 41.9 Å². The van der Waals surface area contributed by atoms with E-state index in [4.69, 9.17) is 5.11 Å². The SMILES string of the molecule is Cc1c(Br)cccc1C(C)(C)CC(=O)O. The van der Waals surface area contributed by atoms with Gasteiger partial charge >= 0.3 is 5.97 Å². The highest BCUT2D eigenvalue weighted by molar-refractivity contribution is 9.10. The van der Waals surface area contributed by atoms with Crippen molar-refractivity contribution < 1.29 is 9.90 Å². The number of hydrogen-bond acceptors (Lipinski definition) is 1. The number of carbonyl (C=O) groups is 1. The quantitative estimate of drug-likeness (QED) is 0.913. The Morgan fingerprint density at radius 1 is 1.47 bits per heavy atom. The zero-order chi connectivity index (χ0) is 11.6. The molecule has 0 fully saturated rings. The average Bonchev–Trinajstić information content (AvgIpc) is 2.07. The molecule has 82 valence electrons.